The number of amides is 2. The van der Waals surface area contributed by atoms with Crippen LogP contribution in [0.15, 0.2) is 48.5 Å². The molecule has 2 amide bonds. The van der Waals surface area contributed by atoms with Crippen molar-refractivity contribution in [1.29, 1.82) is 0 Å². The molecule has 1 aliphatic rings. The van der Waals surface area contributed by atoms with Crippen LogP contribution in [0.1, 0.15) is 5.56 Å². The highest BCUT2D eigenvalue weighted by atomic mass is 16.5. The number of aromatic hydroxyl groups is 1. The average Bonchev–Trinajstić information content (AvgIpc) is 2.58. The molecule has 2 aromatic rings. The summed E-state index contributed by atoms with van der Waals surface area (Å²) in [6.07, 6.45) is 3.05. The Labute approximate surface area is 139 Å². The van der Waals surface area contributed by atoms with E-state index in [1.807, 2.05) is 0 Å². The maximum atomic E-state index is 12.0. The van der Waals surface area contributed by atoms with E-state index in [1.165, 1.54) is 11.0 Å². The van der Waals surface area contributed by atoms with E-state index in [2.05, 4.69) is 5.32 Å². The zero-order chi connectivity index (χ0) is 17.1. The number of rotatable bonds is 3. The summed E-state index contributed by atoms with van der Waals surface area (Å²) in [6.45, 7) is -0.0122. The van der Waals surface area contributed by atoms with Crippen LogP contribution in [-0.2, 0) is 9.59 Å². The Hall–Kier alpha value is -3.28. The molecule has 0 bridgehead atoms. The van der Waals surface area contributed by atoms with E-state index in [0.29, 0.717) is 17.1 Å². The van der Waals surface area contributed by atoms with Gasteiger partial charge < -0.3 is 20.1 Å². The van der Waals surface area contributed by atoms with E-state index in [0.717, 1.165) is 5.56 Å². The lowest BCUT2D eigenvalue weighted by molar-refractivity contribution is -0.121. The molecule has 2 N–H and O–H groups in total. The predicted octanol–water partition coefficient (Wildman–Crippen LogP) is 2.40. The number of nitrogens with one attached hydrogen (secondary N) is 1. The molecule has 0 fully saturated rings. The summed E-state index contributed by atoms with van der Waals surface area (Å²) in [7, 11) is 1.68. The Morgan fingerprint density at radius 1 is 1.25 bits per heavy atom. The minimum atomic E-state index is -0.289. The number of hydrogen-bond acceptors (Lipinski definition) is 4. The van der Waals surface area contributed by atoms with Crippen molar-refractivity contribution in [3.8, 4) is 11.5 Å². The van der Waals surface area contributed by atoms with Crippen molar-refractivity contribution < 1.29 is 19.4 Å². The molecule has 0 unspecified atom stereocenters. The van der Waals surface area contributed by atoms with Gasteiger partial charge >= 0.3 is 0 Å². The highest BCUT2D eigenvalue weighted by molar-refractivity contribution is 6.03. The molecule has 6 heteroatoms. The van der Waals surface area contributed by atoms with Crippen LogP contribution in [-0.4, -0.2) is 30.6 Å². The molecule has 0 aromatic heterocycles. The summed E-state index contributed by atoms with van der Waals surface area (Å²) in [5.41, 5.74) is 2.05. The lowest BCUT2D eigenvalue weighted by Crippen LogP contribution is -2.35. The first kappa shape index (κ1) is 15.6. The molecule has 0 radical (unpaired) electrons. The van der Waals surface area contributed by atoms with Crippen LogP contribution in [0.4, 0.5) is 11.4 Å². The summed E-state index contributed by atoms with van der Waals surface area (Å²) in [5.74, 6) is 0.325. The van der Waals surface area contributed by atoms with Gasteiger partial charge in [0.2, 0.25) is 5.91 Å². The van der Waals surface area contributed by atoms with Gasteiger partial charge in [-0.1, -0.05) is 12.1 Å². The zero-order valence-electron chi connectivity index (χ0n) is 13.0. The van der Waals surface area contributed by atoms with Crippen LogP contribution < -0.4 is 15.0 Å². The Kier molecular flexibility index (Phi) is 4.20. The topological polar surface area (TPSA) is 78.9 Å². The summed E-state index contributed by atoms with van der Waals surface area (Å²) in [6, 6.07) is 11.6. The molecule has 0 saturated heterocycles. The summed E-state index contributed by atoms with van der Waals surface area (Å²) in [4.78, 5) is 25.1. The quantitative estimate of drug-likeness (QED) is 0.850. The van der Waals surface area contributed by atoms with Crippen molar-refractivity contribution >= 4 is 29.3 Å². The van der Waals surface area contributed by atoms with Crippen LogP contribution in [0.5, 0.6) is 11.5 Å². The SMILES string of the molecule is CN1C(=O)COc2cc(NC(=O)/C=C/c3ccc(O)cc3)ccc21. The van der Waals surface area contributed by atoms with Gasteiger partial charge in [-0.15, -0.1) is 0 Å². The molecular weight excluding hydrogens is 308 g/mol. The number of benzene rings is 2. The molecule has 6 nitrogen and oxygen atoms in total. The largest absolute Gasteiger partial charge is 0.508 e. The van der Waals surface area contributed by atoms with Crippen molar-refractivity contribution in [2.45, 2.75) is 0 Å². The number of phenolic OH excluding ortho intramolecular Hbond substituents is 1. The molecule has 1 aliphatic heterocycles. The van der Waals surface area contributed by atoms with Gasteiger partial charge in [0.15, 0.2) is 6.61 Å². The lowest BCUT2D eigenvalue weighted by Gasteiger charge is -2.26. The van der Waals surface area contributed by atoms with E-state index in [9.17, 15) is 14.7 Å². The smallest absolute Gasteiger partial charge is 0.264 e. The fourth-order valence-corrected chi connectivity index (χ4v) is 2.30. The van der Waals surface area contributed by atoms with Crippen LogP contribution in [0, 0.1) is 0 Å². The van der Waals surface area contributed by atoms with Crippen molar-refractivity contribution in [3.05, 3.63) is 54.1 Å². The lowest BCUT2D eigenvalue weighted by atomic mass is 10.2. The first-order valence-corrected chi connectivity index (χ1v) is 7.34. The number of ether oxygens (including phenoxy) is 1. The first-order chi connectivity index (χ1) is 11.5. The van der Waals surface area contributed by atoms with Crippen LogP contribution in [0.2, 0.25) is 0 Å². The molecule has 24 heavy (non-hydrogen) atoms. The Morgan fingerprint density at radius 2 is 2.00 bits per heavy atom. The number of phenols is 1. The molecule has 3 rings (SSSR count). The number of fused-ring (bicyclic) bond motifs is 1. The van der Waals surface area contributed by atoms with E-state index < -0.39 is 0 Å². The molecule has 0 spiro atoms. The Morgan fingerprint density at radius 3 is 2.75 bits per heavy atom. The number of nitrogens with zero attached hydrogens (tertiary/aromatic N) is 1. The molecule has 2 aromatic carbocycles. The van der Waals surface area contributed by atoms with Crippen LogP contribution in [0.3, 0.4) is 0 Å². The van der Waals surface area contributed by atoms with E-state index in [-0.39, 0.29) is 24.2 Å². The third kappa shape index (κ3) is 3.38. The maximum absolute atomic E-state index is 12.0. The fraction of sp³-hybridized carbons (Fsp3) is 0.111. The van der Waals surface area contributed by atoms with Gasteiger partial charge in [-0.3, -0.25) is 9.59 Å². The Bertz CT molecular complexity index is 812. The van der Waals surface area contributed by atoms with Crippen LogP contribution in [0.25, 0.3) is 6.08 Å². The minimum absolute atomic E-state index is 0.0122. The van der Waals surface area contributed by atoms with Crippen molar-refractivity contribution in [1.82, 2.24) is 0 Å². The van der Waals surface area contributed by atoms with Gasteiger partial charge in [-0.25, -0.2) is 0 Å². The van der Waals surface area contributed by atoms with Crippen molar-refractivity contribution in [2.75, 3.05) is 23.9 Å². The number of carbonyl (C=O) groups is 2. The standard InChI is InChI=1S/C18H16N2O4/c1-20-15-8-5-13(10-16(15)24-11-18(20)23)19-17(22)9-4-12-2-6-14(21)7-3-12/h2-10,21H,11H2,1H3,(H,19,22)/b9-4+. The molecular formula is C18H16N2O4. The minimum Gasteiger partial charge on any atom is -0.508 e. The first-order valence-electron chi connectivity index (χ1n) is 7.34. The molecule has 0 saturated carbocycles. The van der Waals surface area contributed by atoms with E-state index in [4.69, 9.17) is 4.74 Å². The number of likely N-dealkylation sites (N-methyl/N-ethyl adjacent to an activating group) is 1. The summed E-state index contributed by atoms with van der Waals surface area (Å²) < 4.78 is 5.38. The summed E-state index contributed by atoms with van der Waals surface area (Å²) in [5, 5.41) is 12.0. The third-order valence-electron chi connectivity index (χ3n) is 3.63. The third-order valence-corrected chi connectivity index (χ3v) is 3.63. The molecule has 122 valence electrons. The van der Waals surface area contributed by atoms with Crippen molar-refractivity contribution in [2.24, 2.45) is 0 Å². The maximum Gasteiger partial charge on any atom is 0.264 e. The van der Waals surface area contributed by atoms with Gasteiger partial charge in [0.25, 0.3) is 5.91 Å². The molecule has 1 heterocycles. The number of hydrogen-bond donors (Lipinski definition) is 2. The predicted molar refractivity (Wildman–Crippen MR) is 91.1 cm³/mol. The Balaban J connectivity index is 1.69. The van der Waals surface area contributed by atoms with Crippen LogP contribution >= 0.6 is 0 Å². The van der Waals surface area contributed by atoms with Gasteiger partial charge in [-0.05, 0) is 35.9 Å². The van der Waals surface area contributed by atoms with Gasteiger partial charge in [0.05, 0.1) is 5.69 Å². The second kappa shape index (κ2) is 6.45. The van der Waals surface area contributed by atoms with E-state index >= 15 is 0 Å². The highest BCUT2D eigenvalue weighted by Gasteiger charge is 2.22. The average molecular weight is 324 g/mol. The monoisotopic (exact) mass is 324 g/mol. The highest BCUT2D eigenvalue weighted by Crippen LogP contribution is 2.33. The van der Waals surface area contributed by atoms with Gasteiger partial charge in [0.1, 0.15) is 11.5 Å². The number of carbonyl (C=O) groups excluding carboxylic acids is 2. The van der Waals surface area contributed by atoms with Gasteiger partial charge in [-0.2, -0.15) is 0 Å². The fourth-order valence-electron chi connectivity index (χ4n) is 2.30. The molecule has 0 aliphatic carbocycles. The summed E-state index contributed by atoms with van der Waals surface area (Å²) >= 11 is 0. The van der Waals surface area contributed by atoms with E-state index in [1.54, 1.807) is 55.6 Å². The molecule has 0 atom stereocenters. The normalized spacial score (nSPS) is 13.5. The van der Waals surface area contributed by atoms with Crippen molar-refractivity contribution in [3.63, 3.8) is 0 Å². The second-order valence-electron chi connectivity index (χ2n) is 5.34. The second-order valence-corrected chi connectivity index (χ2v) is 5.34. The zero-order valence-corrected chi connectivity index (χ0v) is 13.0. The van der Waals surface area contributed by atoms with Gasteiger partial charge in [0, 0.05) is 24.9 Å². The number of anilines is 2.